The Kier molecular flexibility index (Phi) is 3.93. The lowest BCUT2D eigenvalue weighted by atomic mass is 9.76. The number of halogens is 3. The summed E-state index contributed by atoms with van der Waals surface area (Å²) in [6.07, 6.45) is -0.891. The van der Waals surface area contributed by atoms with Gasteiger partial charge in [0.25, 0.3) is 0 Å². The predicted molar refractivity (Wildman–Crippen MR) is 62.4 cm³/mol. The average molecular weight is 280 g/mol. The number of alkyl halides is 3. The van der Waals surface area contributed by atoms with E-state index in [2.05, 4.69) is 9.72 Å². The molecule has 102 valence electrons. The lowest BCUT2D eigenvalue weighted by molar-refractivity contribution is -0.173. The second-order valence-electron chi connectivity index (χ2n) is 4.55. The van der Waals surface area contributed by atoms with Gasteiger partial charge in [-0.15, -0.1) is 11.3 Å². The van der Waals surface area contributed by atoms with Gasteiger partial charge in [0.2, 0.25) is 0 Å². The van der Waals surface area contributed by atoms with E-state index in [9.17, 15) is 13.2 Å². The molecule has 1 fully saturated rings. The molecule has 3 nitrogen and oxygen atoms in total. The first-order chi connectivity index (χ1) is 8.39. The van der Waals surface area contributed by atoms with E-state index in [-0.39, 0.29) is 12.1 Å². The summed E-state index contributed by atoms with van der Waals surface area (Å²) in [7, 11) is 0. The van der Waals surface area contributed by atoms with Gasteiger partial charge in [0.1, 0.15) is 6.61 Å². The Bertz CT molecular complexity index is 401. The van der Waals surface area contributed by atoms with Crippen molar-refractivity contribution in [1.29, 1.82) is 0 Å². The summed E-state index contributed by atoms with van der Waals surface area (Å²) < 4.78 is 40.1. The number of hydrogen-bond acceptors (Lipinski definition) is 4. The monoisotopic (exact) mass is 280 g/mol. The highest BCUT2D eigenvalue weighted by Gasteiger charge is 2.36. The maximum Gasteiger partial charge on any atom is 0.411 e. The van der Waals surface area contributed by atoms with Crippen molar-refractivity contribution >= 4 is 11.3 Å². The maximum absolute atomic E-state index is 11.8. The first-order valence-electron chi connectivity index (χ1n) is 5.77. The molecule has 0 unspecified atom stereocenters. The highest BCUT2D eigenvalue weighted by molar-refractivity contribution is 7.09. The molecule has 0 saturated heterocycles. The van der Waals surface area contributed by atoms with Crippen LogP contribution in [0, 0.1) is 0 Å². The number of thiazole rings is 1. The van der Waals surface area contributed by atoms with Crippen molar-refractivity contribution in [1.82, 2.24) is 4.98 Å². The van der Waals surface area contributed by atoms with Crippen LogP contribution >= 0.6 is 11.3 Å². The number of aromatic nitrogens is 1. The number of hydrogen-bond donors (Lipinski definition) is 1. The lowest BCUT2D eigenvalue weighted by Gasteiger charge is -2.36. The predicted octanol–water partition coefficient (Wildman–Crippen LogP) is 2.60. The number of nitrogens with two attached hydrogens (primary N) is 1. The Morgan fingerprint density at radius 3 is 2.72 bits per heavy atom. The standard InChI is InChI=1S/C11H15F3N2OS/c12-11(13,14)7-17-5-2-9-16-8(6-18-9)10(15)3-1-4-10/h6H,1-5,7,15H2. The molecule has 1 aromatic rings. The minimum absolute atomic E-state index is 0.0318. The van der Waals surface area contributed by atoms with E-state index in [4.69, 9.17) is 5.73 Å². The van der Waals surface area contributed by atoms with E-state index in [1.807, 2.05) is 5.38 Å². The molecule has 0 amide bonds. The smallest absolute Gasteiger partial charge is 0.372 e. The van der Waals surface area contributed by atoms with Crippen LogP contribution in [0.2, 0.25) is 0 Å². The first kappa shape index (κ1) is 13.8. The quantitative estimate of drug-likeness (QED) is 0.843. The molecule has 0 aliphatic heterocycles. The lowest BCUT2D eigenvalue weighted by Crippen LogP contribution is -2.43. The molecule has 1 aliphatic carbocycles. The minimum atomic E-state index is -4.26. The van der Waals surface area contributed by atoms with Crippen LogP contribution in [0.1, 0.15) is 30.0 Å². The summed E-state index contributed by atoms with van der Waals surface area (Å²) >= 11 is 1.43. The van der Waals surface area contributed by atoms with Crippen molar-refractivity contribution < 1.29 is 17.9 Å². The number of rotatable bonds is 5. The SMILES string of the molecule is NC1(c2csc(CCOCC(F)(F)F)n2)CCC1. The second kappa shape index (κ2) is 5.14. The zero-order valence-corrected chi connectivity index (χ0v) is 10.6. The molecular formula is C11H15F3N2OS. The molecule has 0 spiro atoms. The minimum Gasteiger partial charge on any atom is -0.372 e. The Hall–Kier alpha value is -0.660. The van der Waals surface area contributed by atoms with Gasteiger partial charge in [0.15, 0.2) is 0 Å². The van der Waals surface area contributed by atoms with Crippen LogP contribution in [0.4, 0.5) is 13.2 Å². The number of nitrogens with zero attached hydrogens (tertiary/aromatic N) is 1. The molecule has 2 N–H and O–H groups in total. The largest absolute Gasteiger partial charge is 0.411 e. The summed E-state index contributed by atoms with van der Waals surface area (Å²) in [5, 5.41) is 2.68. The van der Waals surface area contributed by atoms with Gasteiger partial charge in [-0.1, -0.05) is 0 Å². The van der Waals surface area contributed by atoms with E-state index in [0.717, 1.165) is 30.0 Å². The van der Waals surface area contributed by atoms with Gasteiger partial charge < -0.3 is 10.5 Å². The summed E-state index contributed by atoms with van der Waals surface area (Å²) in [6.45, 7) is -1.17. The van der Waals surface area contributed by atoms with Crippen LogP contribution in [0.25, 0.3) is 0 Å². The molecule has 0 atom stereocenters. The Balaban J connectivity index is 1.77. The first-order valence-corrected chi connectivity index (χ1v) is 6.65. The van der Waals surface area contributed by atoms with Gasteiger partial charge in [-0.2, -0.15) is 13.2 Å². The van der Waals surface area contributed by atoms with Gasteiger partial charge in [0.05, 0.1) is 22.8 Å². The Morgan fingerprint density at radius 2 is 2.17 bits per heavy atom. The van der Waals surface area contributed by atoms with E-state index in [0.29, 0.717) is 6.42 Å². The van der Waals surface area contributed by atoms with Gasteiger partial charge in [-0.25, -0.2) is 4.98 Å². The molecule has 0 radical (unpaired) electrons. The van der Waals surface area contributed by atoms with Crippen molar-refractivity contribution in [2.24, 2.45) is 5.73 Å². The van der Waals surface area contributed by atoms with E-state index >= 15 is 0 Å². The average Bonchev–Trinajstić information content (AvgIpc) is 2.68. The number of ether oxygens (including phenoxy) is 1. The molecule has 18 heavy (non-hydrogen) atoms. The molecule has 1 heterocycles. The molecule has 0 aromatic carbocycles. The van der Waals surface area contributed by atoms with Crippen LogP contribution in [0.15, 0.2) is 5.38 Å². The van der Waals surface area contributed by atoms with Gasteiger partial charge in [-0.05, 0) is 19.3 Å². The van der Waals surface area contributed by atoms with Crippen LogP contribution in [0.3, 0.4) is 0 Å². The van der Waals surface area contributed by atoms with Crippen molar-refractivity contribution in [3.05, 3.63) is 16.1 Å². The third-order valence-electron chi connectivity index (χ3n) is 3.03. The highest BCUT2D eigenvalue weighted by atomic mass is 32.1. The van der Waals surface area contributed by atoms with Gasteiger partial charge in [0, 0.05) is 11.8 Å². The van der Waals surface area contributed by atoms with Crippen molar-refractivity contribution in [2.75, 3.05) is 13.2 Å². The fourth-order valence-corrected chi connectivity index (χ4v) is 2.70. The summed E-state index contributed by atoms with van der Waals surface area (Å²) in [5.74, 6) is 0. The summed E-state index contributed by atoms with van der Waals surface area (Å²) in [5.41, 5.74) is 6.67. The van der Waals surface area contributed by atoms with Crippen molar-refractivity contribution in [2.45, 2.75) is 37.4 Å². The Morgan fingerprint density at radius 1 is 1.44 bits per heavy atom. The third-order valence-corrected chi connectivity index (χ3v) is 3.94. The molecule has 1 aromatic heterocycles. The molecule has 1 aliphatic rings. The Labute approximate surface area is 107 Å². The zero-order valence-electron chi connectivity index (χ0n) is 9.79. The van der Waals surface area contributed by atoms with E-state index in [1.54, 1.807) is 0 Å². The molecular weight excluding hydrogens is 265 g/mol. The molecule has 1 saturated carbocycles. The fraction of sp³-hybridized carbons (Fsp3) is 0.727. The van der Waals surface area contributed by atoms with E-state index < -0.39 is 12.8 Å². The zero-order chi connectivity index (χ0) is 13.2. The van der Waals surface area contributed by atoms with Crippen LogP contribution in [-0.2, 0) is 16.7 Å². The van der Waals surface area contributed by atoms with E-state index in [1.165, 1.54) is 11.3 Å². The molecule has 0 bridgehead atoms. The highest BCUT2D eigenvalue weighted by Crippen LogP contribution is 2.38. The van der Waals surface area contributed by atoms with Crippen LogP contribution in [0.5, 0.6) is 0 Å². The summed E-state index contributed by atoms with van der Waals surface area (Å²) in [4.78, 5) is 4.37. The summed E-state index contributed by atoms with van der Waals surface area (Å²) in [6, 6.07) is 0. The van der Waals surface area contributed by atoms with Gasteiger partial charge >= 0.3 is 6.18 Å². The maximum atomic E-state index is 11.8. The van der Waals surface area contributed by atoms with Crippen LogP contribution < -0.4 is 5.73 Å². The topological polar surface area (TPSA) is 48.1 Å². The van der Waals surface area contributed by atoms with Gasteiger partial charge in [-0.3, -0.25) is 0 Å². The normalized spacial score (nSPS) is 18.7. The van der Waals surface area contributed by atoms with Crippen molar-refractivity contribution in [3.8, 4) is 0 Å². The fourth-order valence-electron chi connectivity index (χ4n) is 1.82. The van der Waals surface area contributed by atoms with Crippen LogP contribution in [-0.4, -0.2) is 24.4 Å². The van der Waals surface area contributed by atoms with Crippen molar-refractivity contribution in [3.63, 3.8) is 0 Å². The third kappa shape index (κ3) is 3.43. The molecule has 2 rings (SSSR count). The second-order valence-corrected chi connectivity index (χ2v) is 5.50. The molecule has 7 heteroatoms.